The molecule has 0 fully saturated rings. The number of hydrogen-bond acceptors (Lipinski definition) is 3. The van der Waals surface area contributed by atoms with Gasteiger partial charge in [-0.3, -0.25) is 0 Å². The van der Waals surface area contributed by atoms with Crippen molar-refractivity contribution in [1.29, 1.82) is 0 Å². The molecule has 0 atom stereocenters. The number of benzene rings is 1. The van der Waals surface area contributed by atoms with Gasteiger partial charge in [0.2, 0.25) is 0 Å². The monoisotopic (exact) mass is 241 g/mol. The van der Waals surface area contributed by atoms with Crippen LogP contribution in [0.1, 0.15) is 23.9 Å². The third-order valence-electron chi connectivity index (χ3n) is 3.10. The third-order valence-corrected chi connectivity index (χ3v) is 3.10. The van der Waals surface area contributed by atoms with Crippen LogP contribution in [0.4, 0.5) is 5.69 Å². The fourth-order valence-corrected chi connectivity index (χ4v) is 2.24. The zero-order chi connectivity index (χ0) is 13.1. The molecule has 1 N–H and O–H groups in total. The van der Waals surface area contributed by atoms with E-state index in [2.05, 4.69) is 47.3 Å². The summed E-state index contributed by atoms with van der Waals surface area (Å²) in [5.74, 6) is 0. The van der Waals surface area contributed by atoms with E-state index >= 15 is 0 Å². The van der Waals surface area contributed by atoms with Crippen LogP contribution in [0.3, 0.4) is 0 Å². The molecule has 0 amide bonds. The Kier molecular flexibility index (Phi) is 3.60. The lowest BCUT2D eigenvalue weighted by molar-refractivity contribution is 1.06. The zero-order valence-electron chi connectivity index (χ0n) is 11.4. The second kappa shape index (κ2) is 5.17. The number of nitrogens with one attached hydrogen (secondary N) is 1. The fraction of sp³-hybridized carbons (Fsp3) is 0.333. The van der Waals surface area contributed by atoms with E-state index in [4.69, 9.17) is 0 Å². The lowest BCUT2D eigenvalue weighted by atomic mass is 9.97. The van der Waals surface area contributed by atoms with Crippen LogP contribution in [0.15, 0.2) is 24.5 Å². The average Bonchev–Trinajstić information content (AvgIpc) is 2.32. The van der Waals surface area contributed by atoms with Gasteiger partial charge in [-0.2, -0.15) is 0 Å². The van der Waals surface area contributed by atoms with Gasteiger partial charge in [0.05, 0.1) is 0 Å². The highest BCUT2D eigenvalue weighted by Gasteiger charge is 2.10. The van der Waals surface area contributed by atoms with Crippen molar-refractivity contribution in [1.82, 2.24) is 9.97 Å². The summed E-state index contributed by atoms with van der Waals surface area (Å²) in [5.41, 5.74) is 6.83. The first-order valence-electron chi connectivity index (χ1n) is 6.26. The number of anilines is 1. The summed E-state index contributed by atoms with van der Waals surface area (Å²) in [4.78, 5) is 8.58. The molecule has 0 bridgehead atoms. The highest BCUT2D eigenvalue weighted by molar-refractivity contribution is 5.73. The van der Waals surface area contributed by atoms with Crippen LogP contribution in [-0.2, 0) is 0 Å². The first-order valence-corrected chi connectivity index (χ1v) is 6.26. The van der Waals surface area contributed by atoms with Gasteiger partial charge in [-0.1, -0.05) is 6.07 Å². The van der Waals surface area contributed by atoms with Crippen LogP contribution in [0.25, 0.3) is 11.1 Å². The standard InChI is InChI=1S/C15H19N3/c1-5-16-13-6-7-14(10(2)8-13)15-11(3)17-9-18-12(15)4/h6-9,16H,5H2,1-4H3. The summed E-state index contributed by atoms with van der Waals surface area (Å²) >= 11 is 0. The maximum atomic E-state index is 4.29. The third kappa shape index (κ3) is 2.35. The molecule has 2 aromatic rings. The van der Waals surface area contributed by atoms with E-state index in [1.54, 1.807) is 6.33 Å². The quantitative estimate of drug-likeness (QED) is 0.893. The molecule has 0 saturated carbocycles. The van der Waals surface area contributed by atoms with Crippen molar-refractivity contribution < 1.29 is 0 Å². The van der Waals surface area contributed by atoms with Crippen LogP contribution in [0.2, 0.25) is 0 Å². The molecule has 3 nitrogen and oxygen atoms in total. The molecule has 18 heavy (non-hydrogen) atoms. The molecule has 0 saturated heterocycles. The van der Waals surface area contributed by atoms with E-state index in [0.29, 0.717) is 0 Å². The van der Waals surface area contributed by atoms with Crippen molar-refractivity contribution in [3.8, 4) is 11.1 Å². The van der Waals surface area contributed by atoms with E-state index < -0.39 is 0 Å². The van der Waals surface area contributed by atoms with Crippen molar-refractivity contribution in [2.75, 3.05) is 11.9 Å². The summed E-state index contributed by atoms with van der Waals surface area (Å²) in [6.07, 6.45) is 1.62. The Balaban J connectivity index is 2.51. The van der Waals surface area contributed by atoms with E-state index in [0.717, 1.165) is 29.2 Å². The lowest BCUT2D eigenvalue weighted by Gasteiger charge is -2.13. The minimum Gasteiger partial charge on any atom is -0.385 e. The lowest BCUT2D eigenvalue weighted by Crippen LogP contribution is -1.99. The second-order valence-electron chi connectivity index (χ2n) is 4.48. The maximum absolute atomic E-state index is 4.29. The van der Waals surface area contributed by atoms with Crippen LogP contribution in [0.5, 0.6) is 0 Å². The molecule has 1 aromatic carbocycles. The van der Waals surface area contributed by atoms with Gasteiger partial charge in [-0.15, -0.1) is 0 Å². The van der Waals surface area contributed by atoms with Gasteiger partial charge in [-0.05, 0) is 51.0 Å². The molecule has 0 unspecified atom stereocenters. The van der Waals surface area contributed by atoms with Crippen molar-refractivity contribution in [2.45, 2.75) is 27.7 Å². The van der Waals surface area contributed by atoms with Gasteiger partial charge < -0.3 is 5.32 Å². The highest BCUT2D eigenvalue weighted by Crippen LogP contribution is 2.29. The molecule has 94 valence electrons. The van der Waals surface area contributed by atoms with Gasteiger partial charge in [0, 0.05) is 29.2 Å². The molecule has 1 aromatic heterocycles. The largest absolute Gasteiger partial charge is 0.385 e. The van der Waals surface area contributed by atoms with Crippen molar-refractivity contribution in [3.63, 3.8) is 0 Å². The Morgan fingerprint density at radius 3 is 2.28 bits per heavy atom. The Hall–Kier alpha value is -1.90. The highest BCUT2D eigenvalue weighted by atomic mass is 14.9. The Morgan fingerprint density at radius 2 is 1.72 bits per heavy atom. The van der Waals surface area contributed by atoms with Gasteiger partial charge in [0.15, 0.2) is 0 Å². The number of nitrogens with zero attached hydrogens (tertiary/aromatic N) is 2. The fourth-order valence-electron chi connectivity index (χ4n) is 2.24. The number of rotatable bonds is 3. The van der Waals surface area contributed by atoms with Crippen LogP contribution in [-0.4, -0.2) is 16.5 Å². The molecular formula is C15H19N3. The van der Waals surface area contributed by atoms with E-state index in [9.17, 15) is 0 Å². The van der Waals surface area contributed by atoms with Crippen molar-refractivity contribution in [2.24, 2.45) is 0 Å². The molecule has 0 spiro atoms. The molecule has 2 rings (SSSR count). The van der Waals surface area contributed by atoms with Crippen LogP contribution < -0.4 is 5.32 Å². The Bertz CT molecular complexity index is 541. The summed E-state index contributed by atoms with van der Waals surface area (Å²) in [6, 6.07) is 6.43. The topological polar surface area (TPSA) is 37.8 Å². The molecule has 0 aliphatic carbocycles. The Morgan fingerprint density at radius 1 is 1.06 bits per heavy atom. The molecule has 1 heterocycles. The predicted molar refractivity (Wildman–Crippen MR) is 75.8 cm³/mol. The van der Waals surface area contributed by atoms with Crippen LogP contribution >= 0.6 is 0 Å². The molecule has 0 radical (unpaired) electrons. The number of aromatic nitrogens is 2. The minimum absolute atomic E-state index is 0.936. The van der Waals surface area contributed by atoms with Gasteiger partial charge >= 0.3 is 0 Å². The predicted octanol–water partition coefficient (Wildman–Crippen LogP) is 3.50. The SMILES string of the molecule is CCNc1ccc(-c2c(C)ncnc2C)c(C)c1. The van der Waals surface area contributed by atoms with E-state index in [-0.39, 0.29) is 0 Å². The summed E-state index contributed by atoms with van der Waals surface area (Å²) in [5, 5.41) is 3.33. The van der Waals surface area contributed by atoms with Gasteiger partial charge in [0.25, 0.3) is 0 Å². The normalized spacial score (nSPS) is 10.4. The first kappa shape index (κ1) is 12.6. The number of aryl methyl sites for hydroxylation is 3. The number of hydrogen-bond donors (Lipinski definition) is 1. The van der Waals surface area contributed by atoms with Crippen LogP contribution in [0, 0.1) is 20.8 Å². The maximum Gasteiger partial charge on any atom is 0.115 e. The summed E-state index contributed by atoms with van der Waals surface area (Å²) in [7, 11) is 0. The molecule has 0 aliphatic rings. The average molecular weight is 241 g/mol. The second-order valence-corrected chi connectivity index (χ2v) is 4.48. The molecule has 3 heteroatoms. The summed E-state index contributed by atoms with van der Waals surface area (Å²) in [6.45, 7) is 9.22. The van der Waals surface area contributed by atoms with Gasteiger partial charge in [-0.25, -0.2) is 9.97 Å². The summed E-state index contributed by atoms with van der Waals surface area (Å²) < 4.78 is 0. The minimum atomic E-state index is 0.936. The molecular weight excluding hydrogens is 222 g/mol. The Labute approximate surface area is 108 Å². The van der Waals surface area contributed by atoms with E-state index in [1.165, 1.54) is 11.1 Å². The van der Waals surface area contributed by atoms with E-state index in [1.807, 2.05) is 13.8 Å². The van der Waals surface area contributed by atoms with Crippen molar-refractivity contribution in [3.05, 3.63) is 41.5 Å². The smallest absolute Gasteiger partial charge is 0.115 e. The molecule has 0 aliphatic heterocycles. The zero-order valence-corrected chi connectivity index (χ0v) is 11.4. The first-order chi connectivity index (χ1) is 8.63. The van der Waals surface area contributed by atoms with Gasteiger partial charge in [0.1, 0.15) is 6.33 Å². The van der Waals surface area contributed by atoms with Crippen molar-refractivity contribution >= 4 is 5.69 Å².